The third-order valence-corrected chi connectivity index (χ3v) is 5.51. The van der Waals surface area contributed by atoms with Gasteiger partial charge in [-0.1, -0.05) is 0 Å². The summed E-state index contributed by atoms with van der Waals surface area (Å²) in [4.78, 5) is 20.3. The van der Waals surface area contributed by atoms with Crippen LogP contribution in [0.1, 0.15) is 18.3 Å². The lowest BCUT2D eigenvalue weighted by molar-refractivity contribution is -0.118. The fourth-order valence-electron chi connectivity index (χ4n) is 2.81. The standard InChI is InChI=1S/C22H24N4O5S/c1-4-30-18-7-9-19(10-8-18)31-14-21(27)25-17-5-11-20(12-6-17)32(28,29)26-22-23-15(2)13-16(3)24-22/h5-13H,4,14H2,1-3H3,(H,25,27)(H,23,24,26). The lowest BCUT2D eigenvalue weighted by atomic mass is 10.3. The minimum atomic E-state index is -3.87. The van der Waals surface area contributed by atoms with Gasteiger partial charge in [0, 0.05) is 17.1 Å². The molecule has 32 heavy (non-hydrogen) atoms. The summed E-state index contributed by atoms with van der Waals surface area (Å²) >= 11 is 0. The van der Waals surface area contributed by atoms with Crippen LogP contribution in [0.25, 0.3) is 0 Å². The molecule has 0 aliphatic heterocycles. The van der Waals surface area contributed by atoms with Gasteiger partial charge in [-0.2, -0.15) is 0 Å². The lowest BCUT2D eigenvalue weighted by Crippen LogP contribution is -2.20. The quantitative estimate of drug-likeness (QED) is 0.507. The number of ether oxygens (including phenoxy) is 2. The van der Waals surface area contributed by atoms with Gasteiger partial charge in [0.1, 0.15) is 11.5 Å². The number of hydrogen-bond acceptors (Lipinski definition) is 7. The third kappa shape index (κ3) is 6.42. The molecule has 0 radical (unpaired) electrons. The van der Waals surface area contributed by atoms with Gasteiger partial charge in [0.25, 0.3) is 15.9 Å². The van der Waals surface area contributed by atoms with Gasteiger partial charge in [0.05, 0.1) is 11.5 Å². The molecule has 0 bridgehead atoms. The van der Waals surface area contributed by atoms with Gasteiger partial charge >= 0.3 is 0 Å². The fourth-order valence-corrected chi connectivity index (χ4v) is 3.76. The van der Waals surface area contributed by atoms with Crippen LogP contribution < -0.4 is 19.5 Å². The number of carbonyl (C=O) groups is 1. The Balaban J connectivity index is 1.56. The van der Waals surface area contributed by atoms with Crippen molar-refractivity contribution in [3.63, 3.8) is 0 Å². The second-order valence-electron chi connectivity index (χ2n) is 6.85. The summed E-state index contributed by atoms with van der Waals surface area (Å²) in [5.41, 5.74) is 1.74. The number of nitrogens with zero attached hydrogens (tertiary/aromatic N) is 2. The Bertz CT molecular complexity index is 1160. The molecule has 0 saturated carbocycles. The molecule has 3 rings (SSSR count). The Morgan fingerprint density at radius 1 is 0.906 bits per heavy atom. The van der Waals surface area contributed by atoms with E-state index in [0.717, 1.165) is 5.75 Å². The third-order valence-electron chi connectivity index (χ3n) is 4.16. The zero-order valence-corrected chi connectivity index (χ0v) is 18.8. The molecule has 3 aromatic rings. The number of amides is 1. The van der Waals surface area contributed by atoms with E-state index >= 15 is 0 Å². The number of nitrogens with one attached hydrogen (secondary N) is 2. The summed E-state index contributed by atoms with van der Waals surface area (Å²) in [6.45, 7) is 5.78. The van der Waals surface area contributed by atoms with E-state index < -0.39 is 10.0 Å². The van der Waals surface area contributed by atoms with Crippen molar-refractivity contribution in [2.24, 2.45) is 0 Å². The van der Waals surface area contributed by atoms with Crippen LogP contribution in [-0.2, 0) is 14.8 Å². The van der Waals surface area contributed by atoms with E-state index in [9.17, 15) is 13.2 Å². The van der Waals surface area contributed by atoms with Crippen molar-refractivity contribution in [3.05, 3.63) is 66.0 Å². The van der Waals surface area contributed by atoms with Gasteiger partial charge in [0.2, 0.25) is 5.95 Å². The second-order valence-corrected chi connectivity index (χ2v) is 8.53. The number of sulfonamides is 1. The Morgan fingerprint density at radius 3 is 2.03 bits per heavy atom. The number of hydrogen-bond donors (Lipinski definition) is 2. The first-order valence-electron chi connectivity index (χ1n) is 9.86. The first-order chi connectivity index (χ1) is 15.2. The van der Waals surface area contributed by atoms with E-state index in [2.05, 4.69) is 20.0 Å². The van der Waals surface area contributed by atoms with Crippen molar-refractivity contribution in [3.8, 4) is 11.5 Å². The van der Waals surface area contributed by atoms with E-state index in [4.69, 9.17) is 9.47 Å². The van der Waals surface area contributed by atoms with Crippen LogP contribution in [0.3, 0.4) is 0 Å². The monoisotopic (exact) mass is 456 g/mol. The van der Waals surface area contributed by atoms with Crippen LogP contribution in [0, 0.1) is 13.8 Å². The van der Waals surface area contributed by atoms with Crippen LogP contribution in [-0.4, -0.2) is 37.5 Å². The molecule has 0 saturated heterocycles. The molecule has 0 unspecified atom stereocenters. The molecule has 0 spiro atoms. The molecule has 0 aliphatic rings. The maximum absolute atomic E-state index is 12.6. The van der Waals surface area contributed by atoms with Crippen LogP contribution in [0.2, 0.25) is 0 Å². The van der Waals surface area contributed by atoms with Crippen molar-refractivity contribution in [2.45, 2.75) is 25.7 Å². The molecule has 10 heteroatoms. The highest BCUT2D eigenvalue weighted by molar-refractivity contribution is 7.92. The van der Waals surface area contributed by atoms with Crippen molar-refractivity contribution in [1.82, 2.24) is 9.97 Å². The summed E-state index contributed by atoms with van der Waals surface area (Å²) in [5.74, 6) is 0.880. The highest BCUT2D eigenvalue weighted by atomic mass is 32.2. The van der Waals surface area contributed by atoms with Crippen molar-refractivity contribution >= 4 is 27.6 Å². The molecule has 2 N–H and O–H groups in total. The number of carbonyl (C=O) groups excluding carboxylic acids is 1. The van der Waals surface area contributed by atoms with Gasteiger partial charge in [-0.15, -0.1) is 0 Å². The molecule has 1 heterocycles. The van der Waals surface area contributed by atoms with E-state index in [0.29, 0.717) is 29.4 Å². The highest BCUT2D eigenvalue weighted by Gasteiger charge is 2.16. The molecule has 168 valence electrons. The zero-order chi connectivity index (χ0) is 23.1. The molecule has 0 aliphatic carbocycles. The highest BCUT2D eigenvalue weighted by Crippen LogP contribution is 2.19. The van der Waals surface area contributed by atoms with Crippen LogP contribution >= 0.6 is 0 Å². The molecular weight excluding hydrogens is 432 g/mol. The summed E-state index contributed by atoms with van der Waals surface area (Å²) in [5, 5.41) is 2.66. The normalized spacial score (nSPS) is 11.0. The number of aryl methyl sites for hydroxylation is 2. The van der Waals surface area contributed by atoms with Gasteiger partial charge < -0.3 is 14.8 Å². The summed E-state index contributed by atoms with van der Waals surface area (Å²) in [7, 11) is -3.87. The molecule has 1 amide bonds. The average molecular weight is 457 g/mol. The maximum atomic E-state index is 12.6. The smallest absolute Gasteiger partial charge is 0.264 e. The van der Waals surface area contributed by atoms with Crippen LogP contribution in [0.5, 0.6) is 11.5 Å². The van der Waals surface area contributed by atoms with E-state index in [1.165, 1.54) is 24.3 Å². The van der Waals surface area contributed by atoms with Gasteiger partial charge in [-0.25, -0.2) is 23.1 Å². The Kier molecular flexibility index (Phi) is 7.26. The number of anilines is 2. The minimum absolute atomic E-state index is 0.00585. The molecule has 2 aromatic carbocycles. The molecule has 0 atom stereocenters. The fraction of sp³-hybridized carbons (Fsp3) is 0.227. The molecular formula is C22H24N4O5S. The Hall–Kier alpha value is -3.66. The topological polar surface area (TPSA) is 120 Å². The molecule has 0 fully saturated rings. The van der Waals surface area contributed by atoms with E-state index in [1.807, 2.05) is 6.92 Å². The predicted octanol–water partition coefficient (Wildman–Crippen LogP) is 3.31. The summed E-state index contributed by atoms with van der Waals surface area (Å²) in [6.07, 6.45) is 0. The van der Waals surface area contributed by atoms with Crippen molar-refractivity contribution in [1.29, 1.82) is 0 Å². The SMILES string of the molecule is CCOc1ccc(OCC(=O)Nc2ccc(S(=O)(=O)Nc3nc(C)cc(C)n3)cc2)cc1. The van der Waals surface area contributed by atoms with Crippen molar-refractivity contribution < 1.29 is 22.7 Å². The van der Waals surface area contributed by atoms with Crippen LogP contribution in [0.4, 0.5) is 11.6 Å². The van der Waals surface area contributed by atoms with Gasteiger partial charge in [0.15, 0.2) is 6.61 Å². The van der Waals surface area contributed by atoms with Gasteiger partial charge in [-0.3, -0.25) is 4.79 Å². The molecule has 1 aromatic heterocycles. The zero-order valence-electron chi connectivity index (χ0n) is 18.0. The second kappa shape index (κ2) is 10.1. The number of rotatable bonds is 9. The largest absolute Gasteiger partial charge is 0.494 e. The summed E-state index contributed by atoms with van der Waals surface area (Å²) in [6, 6.07) is 14.4. The van der Waals surface area contributed by atoms with Crippen molar-refractivity contribution in [2.75, 3.05) is 23.3 Å². The average Bonchev–Trinajstić information content (AvgIpc) is 2.73. The van der Waals surface area contributed by atoms with E-state index in [-0.39, 0.29) is 23.4 Å². The van der Waals surface area contributed by atoms with E-state index in [1.54, 1.807) is 44.2 Å². The predicted molar refractivity (Wildman–Crippen MR) is 120 cm³/mol. The lowest BCUT2D eigenvalue weighted by Gasteiger charge is -2.10. The molecule has 9 nitrogen and oxygen atoms in total. The Morgan fingerprint density at radius 2 is 1.47 bits per heavy atom. The number of aromatic nitrogens is 2. The van der Waals surface area contributed by atoms with Crippen LogP contribution in [0.15, 0.2) is 59.5 Å². The Labute approximate surface area is 186 Å². The summed E-state index contributed by atoms with van der Waals surface area (Å²) < 4.78 is 38.3. The number of benzene rings is 2. The minimum Gasteiger partial charge on any atom is -0.494 e. The maximum Gasteiger partial charge on any atom is 0.264 e. The first kappa shape index (κ1) is 23.0. The first-order valence-corrected chi connectivity index (χ1v) is 11.3. The van der Waals surface area contributed by atoms with Gasteiger partial charge in [-0.05, 0) is 75.4 Å².